The molecule has 4 rings (SSSR count). The van der Waals surface area contributed by atoms with Gasteiger partial charge in [-0.15, -0.1) is 11.3 Å². The number of urea groups is 1. The fourth-order valence-electron chi connectivity index (χ4n) is 3.89. The summed E-state index contributed by atoms with van der Waals surface area (Å²) < 4.78 is 13.4. The van der Waals surface area contributed by atoms with Crippen LogP contribution in [0.3, 0.4) is 0 Å². The Bertz CT molecular complexity index is 1140. The van der Waals surface area contributed by atoms with Crippen LogP contribution in [0, 0.1) is 5.82 Å². The third-order valence-electron chi connectivity index (χ3n) is 5.62. The highest BCUT2D eigenvalue weighted by Crippen LogP contribution is 2.31. The summed E-state index contributed by atoms with van der Waals surface area (Å²) in [6.45, 7) is 1.63. The molecule has 1 aliphatic heterocycles. The van der Waals surface area contributed by atoms with Crippen LogP contribution < -0.4 is 16.1 Å². The van der Waals surface area contributed by atoms with E-state index in [2.05, 4.69) is 16.1 Å². The predicted molar refractivity (Wildman–Crippen MR) is 122 cm³/mol. The summed E-state index contributed by atoms with van der Waals surface area (Å²) in [4.78, 5) is 39.4. The number of amides is 4. The van der Waals surface area contributed by atoms with Crippen molar-refractivity contribution < 1.29 is 18.8 Å². The number of thiophene rings is 1. The van der Waals surface area contributed by atoms with Crippen molar-refractivity contribution in [1.82, 2.24) is 21.1 Å². The molecular weight excluding hydrogens is 443 g/mol. The quantitative estimate of drug-likeness (QED) is 0.444. The summed E-state index contributed by atoms with van der Waals surface area (Å²) in [7, 11) is 0. The molecule has 2 atom stereocenters. The summed E-state index contributed by atoms with van der Waals surface area (Å²) in [6, 6.07) is 17.7. The van der Waals surface area contributed by atoms with Crippen molar-refractivity contribution in [2.75, 3.05) is 6.54 Å². The van der Waals surface area contributed by atoms with Gasteiger partial charge in [0, 0.05) is 4.88 Å². The van der Waals surface area contributed by atoms with Crippen LogP contribution in [0.15, 0.2) is 72.1 Å². The van der Waals surface area contributed by atoms with Gasteiger partial charge in [-0.1, -0.05) is 55.5 Å². The highest BCUT2D eigenvalue weighted by molar-refractivity contribution is 7.10. The Labute approximate surface area is 194 Å². The normalized spacial score (nSPS) is 18.8. The van der Waals surface area contributed by atoms with E-state index in [0.717, 1.165) is 15.4 Å². The number of hydrogen-bond acceptors (Lipinski definition) is 5. The van der Waals surface area contributed by atoms with E-state index in [1.165, 1.54) is 23.5 Å². The minimum absolute atomic E-state index is 0.165. The van der Waals surface area contributed by atoms with Crippen LogP contribution in [0.1, 0.15) is 35.4 Å². The third-order valence-corrected chi connectivity index (χ3v) is 6.56. The lowest BCUT2D eigenvalue weighted by molar-refractivity contribution is -0.139. The minimum atomic E-state index is -1.23. The van der Waals surface area contributed by atoms with Crippen molar-refractivity contribution in [1.29, 1.82) is 0 Å². The largest absolute Gasteiger partial charge is 0.344 e. The summed E-state index contributed by atoms with van der Waals surface area (Å²) in [6.07, 6.45) is 0.331. The van der Waals surface area contributed by atoms with Gasteiger partial charge in [-0.05, 0) is 41.1 Å². The van der Waals surface area contributed by atoms with E-state index in [9.17, 15) is 18.8 Å². The zero-order chi connectivity index (χ0) is 23.4. The van der Waals surface area contributed by atoms with Gasteiger partial charge in [0.25, 0.3) is 11.8 Å². The SMILES string of the molecule is CC[C@]1(c2ccccc2)NC(=O)N(NC(=O)CN[C@@H](c2ccc(F)cc2)c2cccs2)C1=O. The van der Waals surface area contributed by atoms with E-state index in [1.807, 2.05) is 23.6 Å². The number of halogens is 1. The predicted octanol–water partition coefficient (Wildman–Crippen LogP) is 3.45. The number of nitrogens with one attached hydrogen (secondary N) is 3. The van der Waals surface area contributed by atoms with E-state index in [0.29, 0.717) is 12.0 Å². The first-order valence-corrected chi connectivity index (χ1v) is 11.4. The fourth-order valence-corrected chi connectivity index (χ4v) is 4.72. The Morgan fingerprint density at radius 2 is 1.82 bits per heavy atom. The number of carbonyl (C=O) groups is 3. The molecule has 1 fully saturated rings. The van der Waals surface area contributed by atoms with Crippen molar-refractivity contribution in [3.05, 3.63) is 93.9 Å². The van der Waals surface area contributed by atoms with Crippen molar-refractivity contribution in [3.63, 3.8) is 0 Å². The van der Waals surface area contributed by atoms with Crippen LogP contribution in [-0.4, -0.2) is 29.4 Å². The average molecular weight is 467 g/mol. The second kappa shape index (κ2) is 9.51. The van der Waals surface area contributed by atoms with Crippen LogP contribution in [0.2, 0.25) is 0 Å². The molecule has 1 aliphatic rings. The molecule has 9 heteroatoms. The Morgan fingerprint density at radius 1 is 1.09 bits per heavy atom. The maximum atomic E-state index is 13.4. The first-order valence-electron chi connectivity index (χ1n) is 10.5. The fraction of sp³-hybridized carbons (Fsp3) is 0.208. The molecule has 170 valence electrons. The summed E-state index contributed by atoms with van der Waals surface area (Å²) in [5, 5.41) is 8.51. The number of rotatable bonds is 8. The maximum absolute atomic E-state index is 13.4. The van der Waals surface area contributed by atoms with Gasteiger partial charge in [0.2, 0.25) is 0 Å². The molecule has 2 aromatic carbocycles. The van der Waals surface area contributed by atoms with Crippen molar-refractivity contribution >= 4 is 29.2 Å². The lowest BCUT2D eigenvalue weighted by Gasteiger charge is -2.25. The Hall–Kier alpha value is -3.56. The van der Waals surface area contributed by atoms with Crippen LogP contribution in [-0.2, 0) is 15.1 Å². The van der Waals surface area contributed by atoms with Crippen LogP contribution in [0.4, 0.5) is 9.18 Å². The second-order valence-corrected chi connectivity index (χ2v) is 8.59. The number of benzene rings is 2. The Kier molecular flexibility index (Phi) is 6.52. The van der Waals surface area contributed by atoms with E-state index in [1.54, 1.807) is 43.3 Å². The monoisotopic (exact) mass is 466 g/mol. The number of hydrazine groups is 1. The number of carbonyl (C=O) groups excluding carboxylic acids is 3. The molecule has 0 unspecified atom stereocenters. The maximum Gasteiger partial charge on any atom is 0.344 e. The smallest absolute Gasteiger partial charge is 0.318 e. The van der Waals surface area contributed by atoms with Crippen LogP contribution in [0.5, 0.6) is 0 Å². The first kappa shape index (κ1) is 22.6. The zero-order valence-corrected chi connectivity index (χ0v) is 18.7. The van der Waals surface area contributed by atoms with Crippen molar-refractivity contribution in [2.45, 2.75) is 24.9 Å². The molecule has 0 bridgehead atoms. The van der Waals surface area contributed by atoms with Crippen LogP contribution in [0.25, 0.3) is 0 Å². The minimum Gasteiger partial charge on any atom is -0.318 e. The Balaban J connectivity index is 1.46. The summed E-state index contributed by atoms with van der Waals surface area (Å²) in [5.41, 5.74) is 2.62. The van der Waals surface area contributed by atoms with Gasteiger partial charge in [0.05, 0.1) is 12.6 Å². The second-order valence-electron chi connectivity index (χ2n) is 7.61. The van der Waals surface area contributed by atoms with Crippen LogP contribution >= 0.6 is 11.3 Å². The zero-order valence-electron chi connectivity index (χ0n) is 17.9. The average Bonchev–Trinajstić information content (AvgIpc) is 3.44. The molecule has 3 N–H and O–H groups in total. The molecular formula is C24H23FN4O3S. The number of imide groups is 1. The third kappa shape index (κ3) is 4.50. The lowest BCUT2D eigenvalue weighted by atomic mass is 9.87. The van der Waals surface area contributed by atoms with E-state index >= 15 is 0 Å². The van der Waals surface area contributed by atoms with Crippen molar-refractivity contribution in [3.8, 4) is 0 Å². The molecule has 1 aromatic heterocycles. The summed E-state index contributed by atoms with van der Waals surface area (Å²) in [5.74, 6) is -1.44. The molecule has 3 aromatic rings. The van der Waals surface area contributed by atoms with E-state index in [-0.39, 0.29) is 18.4 Å². The number of nitrogens with zero attached hydrogens (tertiary/aromatic N) is 1. The van der Waals surface area contributed by atoms with Gasteiger partial charge in [0.1, 0.15) is 11.4 Å². The summed E-state index contributed by atoms with van der Waals surface area (Å²) >= 11 is 1.50. The topological polar surface area (TPSA) is 90.5 Å². The van der Waals surface area contributed by atoms with Gasteiger partial charge >= 0.3 is 6.03 Å². The molecule has 0 spiro atoms. The van der Waals surface area contributed by atoms with Gasteiger partial charge in [-0.25, -0.2) is 9.18 Å². The molecule has 0 radical (unpaired) electrons. The number of hydrogen-bond donors (Lipinski definition) is 3. The molecule has 33 heavy (non-hydrogen) atoms. The molecule has 0 aliphatic carbocycles. The highest BCUT2D eigenvalue weighted by Gasteiger charge is 2.52. The molecule has 7 nitrogen and oxygen atoms in total. The van der Waals surface area contributed by atoms with Gasteiger partial charge in [0.15, 0.2) is 0 Å². The molecule has 2 heterocycles. The molecule has 4 amide bonds. The Morgan fingerprint density at radius 3 is 2.45 bits per heavy atom. The van der Waals surface area contributed by atoms with Gasteiger partial charge < -0.3 is 5.32 Å². The van der Waals surface area contributed by atoms with Crippen molar-refractivity contribution in [2.24, 2.45) is 0 Å². The van der Waals surface area contributed by atoms with E-state index in [4.69, 9.17) is 0 Å². The molecule has 0 saturated carbocycles. The standard InChI is InChI=1S/C24H23FN4O3S/c1-2-24(17-7-4-3-5-8-17)22(31)29(23(32)27-24)28-20(30)15-26-21(19-9-6-14-33-19)16-10-12-18(25)13-11-16/h3-14,21,26H,2,15H2,1H3,(H,27,32)(H,28,30)/t21-,24+/m0/s1. The van der Waals surface area contributed by atoms with Gasteiger partial charge in [-0.3, -0.25) is 20.3 Å². The first-order chi connectivity index (χ1) is 15.9. The lowest BCUT2D eigenvalue weighted by Crippen LogP contribution is -2.50. The van der Waals surface area contributed by atoms with E-state index < -0.39 is 23.4 Å². The highest BCUT2D eigenvalue weighted by atomic mass is 32.1. The van der Waals surface area contributed by atoms with Gasteiger partial charge in [-0.2, -0.15) is 5.01 Å². The molecule has 1 saturated heterocycles.